The minimum atomic E-state index is -3.34. The molecule has 2 aromatic carbocycles. The van der Waals surface area contributed by atoms with Crippen molar-refractivity contribution >= 4 is 21.7 Å². The molecule has 6 nitrogen and oxygen atoms in total. The molecule has 1 amide bonds. The highest BCUT2D eigenvalue weighted by Crippen LogP contribution is 2.14. The first-order valence-electron chi connectivity index (χ1n) is 8.67. The topological polar surface area (TPSA) is 101 Å². The zero-order valence-electron chi connectivity index (χ0n) is 15.1. The highest BCUT2D eigenvalue weighted by atomic mass is 32.2. The van der Waals surface area contributed by atoms with Gasteiger partial charge in [0.1, 0.15) is 0 Å². The van der Waals surface area contributed by atoms with Crippen molar-refractivity contribution in [2.45, 2.75) is 24.7 Å². The third kappa shape index (κ3) is 6.21. The summed E-state index contributed by atoms with van der Waals surface area (Å²) in [5, 5.41) is 12.0. The van der Waals surface area contributed by atoms with E-state index in [9.17, 15) is 23.1 Å². The lowest BCUT2D eigenvalue weighted by Crippen LogP contribution is -2.34. The molecule has 0 aromatic heterocycles. The van der Waals surface area contributed by atoms with Gasteiger partial charge in [0.05, 0.1) is 23.0 Å². The van der Waals surface area contributed by atoms with Crippen LogP contribution in [0.15, 0.2) is 59.5 Å². The Kier molecular flexibility index (Phi) is 7.12. The lowest BCUT2D eigenvalue weighted by atomic mass is 9.99. The average molecular weight is 389 g/mol. The van der Waals surface area contributed by atoms with E-state index in [1.807, 2.05) is 30.3 Å². The fraction of sp³-hybridized carbons (Fsp3) is 0.300. The van der Waals surface area contributed by atoms with Gasteiger partial charge in [0.25, 0.3) is 0 Å². The fourth-order valence-corrected chi connectivity index (χ4v) is 3.60. The molecule has 0 bridgehead atoms. The summed E-state index contributed by atoms with van der Waals surface area (Å²) in [6.45, 7) is 1.57. The summed E-state index contributed by atoms with van der Waals surface area (Å²) in [7, 11) is -3.34. The third-order valence-electron chi connectivity index (χ3n) is 4.22. The summed E-state index contributed by atoms with van der Waals surface area (Å²) in [5.74, 6) is -2.07. The largest absolute Gasteiger partial charge is 0.481 e. The van der Waals surface area contributed by atoms with Crippen LogP contribution in [0.3, 0.4) is 0 Å². The molecule has 2 N–H and O–H groups in total. The standard InChI is InChI=1S/C20H23NO5S/c1-2-27(25,26)18-10-6-9-16(12-18)13-19(22)21-14-17(20(23)24)11-15-7-4-3-5-8-15/h3-10,12,17H,2,11,13-14H2,1H3,(H,21,22)(H,23,24). The van der Waals surface area contributed by atoms with Gasteiger partial charge in [-0.2, -0.15) is 0 Å². The fourth-order valence-electron chi connectivity index (χ4n) is 2.65. The van der Waals surface area contributed by atoms with Crippen LogP contribution in [-0.4, -0.2) is 37.7 Å². The minimum Gasteiger partial charge on any atom is -0.481 e. The molecule has 2 aromatic rings. The molecule has 0 spiro atoms. The number of sulfone groups is 1. The Morgan fingerprint density at radius 1 is 1.04 bits per heavy atom. The number of aliphatic carboxylic acids is 1. The van der Waals surface area contributed by atoms with Crippen LogP contribution in [0.4, 0.5) is 0 Å². The average Bonchev–Trinajstić information content (AvgIpc) is 2.66. The molecule has 7 heteroatoms. The molecule has 0 fully saturated rings. The van der Waals surface area contributed by atoms with E-state index in [0.717, 1.165) is 5.56 Å². The van der Waals surface area contributed by atoms with E-state index in [4.69, 9.17) is 0 Å². The van der Waals surface area contributed by atoms with Gasteiger partial charge >= 0.3 is 5.97 Å². The second-order valence-electron chi connectivity index (χ2n) is 6.26. The van der Waals surface area contributed by atoms with Crippen molar-refractivity contribution in [2.75, 3.05) is 12.3 Å². The van der Waals surface area contributed by atoms with Gasteiger partial charge in [-0.1, -0.05) is 49.4 Å². The van der Waals surface area contributed by atoms with E-state index < -0.39 is 21.7 Å². The maximum atomic E-state index is 12.2. The number of amides is 1. The number of hydrogen-bond donors (Lipinski definition) is 2. The minimum absolute atomic E-state index is 0.00918. The van der Waals surface area contributed by atoms with Gasteiger partial charge in [0, 0.05) is 6.54 Å². The van der Waals surface area contributed by atoms with E-state index in [0.29, 0.717) is 12.0 Å². The molecule has 1 atom stereocenters. The maximum Gasteiger partial charge on any atom is 0.308 e. The molecule has 144 valence electrons. The summed E-state index contributed by atoms with van der Waals surface area (Å²) < 4.78 is 23.9. The Labute approximate surface area is 159 Å². The molecule has 1 unspecified atom stereocenters. The molecule has 0 saturated carbocycles. The highest BCUT2D eigenvalue weighted by molar-refractivity contribution is 7.91. The summed E-state index contributed by atoms with van der Waals surface area (Å²) in [6, 6.07) is 15.5. The van der Waals surface area contributed by atoms with Crippen LogP contribution in [-0.2, 0) is 32.3 Å². The number of carboxylic acid groups (broad SMARTS) is 1. The lowest BCUT2D eigenvalue weighted by Gasteiger charge is -2.14. The maximum absolute atomic E-state index is 12.2. The smallest absolute Gasteiger partial charge is 0.308 e. The number of carbonyl (C=O) groups excluding carboxylic acids is 1. The van der Waals surface area contributed by atoms with E-state index in [-0.39, 0.29) is 29.5 Å². The van der Waals surface area contributed by atoms with E-state index >= 15 is 0 Å². The molecule has 0 aliphatic carbocycles. The van der Waals surface area contributed by atoms with Crippen molar-refractivity contribution < 1.29 is 23.1 Å². The lowest BCUT2D eigenvalue weighted by molar-refractivity contribution is -0.141. The molecular weight excluding hydrogens is 366 g/mol. The normalized spacial score (nSPS) is 12.3. The monoisotopic (exact) mass is 389 g/mol. The number of nitrogens with one attached hydrogen (secondary N) is 1. The molecule has 0 radical (unpaired) electrons. The second kappa shape index (κ2) is 9.32. The van der Waals surface area contributed by atoms with Crippen molar-refractivity contribution in [3.63, 3.8) is 0 Å². The van der Waals surface area contributed by atoms with Gasteiger partial charge < -0.3 is 10.4 Å². The van der Waals surface area contributed by atoms with Crippen molar-refractivity contribution in [1.82, 2.24) is 5.32 Å². The van der Waals surface area contributed by atoms with Gasteiger partial charge in [-0.15, -0.1) is 0 Å². The summed E-state index contributed by atoms with van der Waals surface area (Å²) in [4.78, 5) is 23.8. The highest BCUT2D eigenvalue weighted by Gasteiger charge is 2.19. The van der Waals surface area contributed by atoms with Crippen LogP contribution in [0.2, 0.25) is 0 Å². The Morgan fingerprint density at radius 2 is 1.70 bits per heavy atom. The number of rotatable bonds is 9. The Balaban J connectivity index is 1.96. The van der Waals surface area contributed by atoms with Crippen molar-refractivity contribution in [1.29, 1.82) is 0 Å². The van der Waals surface area contributed by atoms with Crippen LogP contribution in [0.5, 0.6) is 0 Å². The Bertz CT molecular complexity index is 894. The van der Waals surface area contributed by atoms with Gasteiger partial charge in [0.15, 0.2) is 9.84 Å². The van der Waals surface area contributed by atoms with Gasteiger partial charge in [-0.05, 0) is 29.7 Å². The van der Waals surface area contributed by atoms with Crippen molar-refractivity contribution in [3.05, 3.63) is 65.7 Å². The molecule has 0 aliphatic heterocycles. The molecule has 27 heavy (non-hydrogen) atoms. The van der Waals surface area contributed by atoms with E-state index in [2.05, 4.69) is 5.32 Å². The predicted octanol–water partition coefficient (Wildman–Crippen LogP) is 2.08. The second-order valence-corrected chi connectivity index (χ2v) is 8.53. The first-order chi connectivity index (χ1) is 12.8. The molecule has 0 saturated heterocycles. The molecular formula is C20H23NO5S. The number of carboxylic acids is 1. The predicted molar refractivity (Wildman–Crippen MR) is 102 cm³/mol. The quantitative estimate of drug-likeness (QED) is 0.684. The Morgan fingerprint density at radius 3 is 2.33 bits per heavy atom. The van der Waals surface area contributed by atoms with Crippen LogP contribution in [0, 0.1) is 5.92 Å². The molecule has 0 heterocycles. The van der Waals surface area contributed by atoms with Crippen LogP contribution in [0.1, 0.15) is 18.1 Å². The first kappa shape index (κ1) is 20.6. The number of benzene rings is 2. The van der Waals surface area contributed by atoms with Gasteiger partial charge in [0.2, 0.25) is 5.91 Å². The van der Waals surface area contributed by atoms with E-state index in [1.165, 1.54) is 12.1 Å². The van der Waals surface area contributed by atoms with Crippen LogP contribution < -0.4 is 5.32 Å². The number of hydrogen-bond acceptors (Lipinski definition) is 4. The summed E-state index contributed by atoms with van der Waals surface area (Å²) in [5.41, 5.74) is 1.45. The SMILES string of the molecule is CCS(=O)(=O)c1cccc(CC(=O)NCC(Cc2ccccc2)C(=O)O)c1. The zero-order valence-corrected chi connectivity index (χ0v) is 15.9. The van der Waals surface area contributed by atoms with Gasteiger partial charge in [-0.3, -0.25) is 9.59 Å². The van der Waals surface area contributed by atoms with Crippen LogP contribution >= 0.6 is 0 Å². The van der Waals surface area contributed by atoms with Crippen molar-refractivity contribution in [2.24, 2.45) is 5.92 Å². The first-order valence-corrected chi connectivity index (χ1v) is 10.3. The molecule has 0 aliphatic rings. The van der Waals surface area contributed by atoms with Crippen molar-refractivity contribution in [3.8, 4) is 0 Å². The Hall–Kier alpha value is -2.67. The van der Waals surface area contributed by atoms with Gasteiger partial charge in [-0.25, -0.2) is 8.42 Å². The molecule has 2 rings (SSSR count). The number of carbonyl (C=O) groups is 2. The van der Waals surface area contributed by atoms with Crippen LogP contribution in [0.25, 0.3) is 0 Å². The van der Waals surface area contributed by atoms with E-state index in [1.54, 1.807) is 19.1 Å². The zero-order chi connectivity index (χ0) is 19.9. The third-order valence-corrected chi connectivity index (χ3v) is 5.95. The summed E-state index contributed by atoms with van der Waals surface area (Å²) >= 11 is 0. The summed E-state index contributed by atoms with van der Waals surface area (Å²) in [6.07, 6.45) is 0.311.